The fourth-order valence-electron chi connectivity index (χ4n) is 4.03. The van der Waals surface area contributed by atoms with Gasteiger partial charge in [-0.25, -0.2) is 22.8 Å². The van der Waals surface area contributed by atoms with E-state index in [1.165, 1.54) is 28.0 Å². The molecule has 0 amide bonds. The lowest BCUT2D eigenvalue weighted by Crippen LogP contribution is -2.32. The molecule has 0 atom stereocenters. The molecular formula is C26H27FN4O2S2. The summed E-state index contributed by atoms with van der Waals surface area (Å²) in [5.74, 6) is 0.314. The van der Waals surface area contributed by atoms with E-state index in [2.05, 4.69) is 36.1 Å². The molecule has 4 aromatic rings. The lowest BCUT2D eigenvalue weighted by atomic mass is 10.0. The molecule has 182 valence electrons. The average Bonchev–Trinajstić information content (AvgIpc) is 3.48. The minimum atomic E-state index is -3.68. The standard InChI is InChI=1S/C26H27FN4O2S2/c1-26(2,3)30-25-21-14-18(7-11-23(21)28-16-29-25)17-6-10-22(27)19(13-17)15-31(20-8-9-20)35(32,33)24-5-4-12-34-24/h4-7,10-14,16,20H,8-9,15H2,1-3H3,(H,28,29,30). The summed E-state index contributed by atoms with van der Waals surface area (Å²) in [5.41, 5.74) is 2.66. The van der Waals surface area contributed by atoms with Crippen molar-refractivity contribution in [3.63, 3.8) is 0 Å². The summed E-state index contributed by atoms with van der Waals surface area (Å²) in [6.07, 6.45) is 3.12. The van der Waals surface area contributed by atoms with Crippen LogP contribution in [-0.2, 0) is 16.6 Å². The smallest absolute Gasteiger partial charge is 0.253 e. The van der Waals surface area contributed by atoms with Gasteiger partial charge in [0.1, 0.15) is 22.2 Å². The molecule has 0 saturated heterocycles. The topological polar surface area (TPSA) is 75.2 Å². The van der Waals surface area contributed by atoms with Gasteiger partial charge in [-0.2, -0.15) is 4.31 Å². The van der Waals surface area contributed by atoms with Crippen molar-refractivity contribution in [2.45, 2.75) is 55.9 Å². The Kier molecular flexibility index (Phi) is 6.11. The van der Waals surface area contributed by atoms with E-state index in [0.29, 0.717) is 5.56 Å². The number of nitrogens with one attached hydrogen (secondary N) is 1. The number of rotatable bonds is 7. The summed E-state index contributed by atoms with van der Waals surface area (Å²) < 4.78 is 43.1. The van der Waals surface area contributed by atoms with Gasteiger partial charge in [-0.1, -0.05) is 18.2 Å². The van der Waals surface area contributed by atoms with Crippen LogP contribution in [0.5, 0.6) is 0 Å². The van der Waals surface area contributed by atoms with Crippen molar-refractivity contribution in [2.75, 3.05) is 5.32 Å². The van der Waals surface area contributed by atoms with Crippen molar-refractivity contribution < 1.29 is 12.8 Å². The molecule has 2 aromatic heterocycles. The SMILES string of the molecule is CC(C)(C)Nc1ncnc2ccc(-c3ccc(F)c(CN(C4CC4)S(=O)(=O)c4cccs4)c3)cc12. The highest BCUT2D eigenvalue weighted by atomic mass is 32.2. The maximum absolute atomic E-state index is 14.9. The number of sulfonamides is 1. The molecule has 1 aliphatic rings. The summed E-state index contributed by atoms with van der Waals surface area (Å²) in [7, 11) is -3.68. The van der Waals surface area contributed by atoms with E-state index < -0.39 is 15.8 Å². The van der Waals surface area contributed by atoms with E-state index in [1.54, 1.807) is 29.6 Å². The number of nitrogens with zero attached hydrogens (tertiary/aromatic N) is 3. The molecule has 1 fully saturated rings. The van der Waals surface area contributed by atoms with Crippen molar-refractivity contribution in [1.82, 2.24) is 14.3 Å². The summed E-state index contributed by atoms with van der Waals surface area (Å²) in [5, 5.41) is 6.02. The fourth-order valence-corrected chi connectivity index (χ4v) is 6.82. The van der Waals surface area contributed by atoms with E-state index in [-0.39, 0.29) is 22.3 Å². The molecule has 1 saturated carbocycles. The summed E-state index contributed by atoms with van der Waals surface area (Å²) >= 11 is 1.18. The molecule has 0 spiro atoms. The van der Waals surface area contributed by atoms with Crippen molar-refractivity contribution in [1.29, 1.82) is 0 Å². The van der Waals surface area contributed by atoms with Gasteiger partial charge >= 0.3 is 0 Å². The predicted octanol–water partition coefficient (Wildman–Crippen LogP) is 6.06. The quantitative estimate of drug-likeness (QED) is 0.327. The first kappa shape index (κ1) is 23.8. The summed E-state index contributed by atoms with van der Waals surface area (Å²) in [4.78, 5) is 8.79. The minimum Gasteiger partial charge on any atom is -0.365 e. The normalized spacial score (nSPS) is 14.5. The Morgan fingerprint density at radius 2 is 1.83 bits per heavy atom. The zero-order valence-electron chi connectivity index (χ0n) is 19.8. The molecule has 0 aliphatic heterocycles. The first-order valence-electron chi connectivity index (χ1n) is 11.5. The van der Waals surface area contributed by atoms with Gasteiger partial charge in [-0.3, -0.25) is 0 Å². The molecular weight excluding hydrogens is 483 g/mol. The Balaban J connectivity index is 1.51. The van der Waals surface area contributed by atoms with Crippen LogP contribution < -0.4 is 5.32 Å². The number of halogens is 1. The largest absolute Gasteiger partial charge is 0.365 e. The molecule has 35 heavy (non-hydrogen) atoms. The maximum atomic E-state index is 14.9. The maximum Gasteiger partial charge on any atom is 0.253 e. The summed E-state index contributed by atoms with van der Waals surface area (Å²) in [6.45, 7) is 6.19. The molecule has 6 nitrogen and oxygen atoms in total. The van der Waals surface area contributed by atoms with Crippen LogP contribution in [0.25, 0.3) is 22.0 Å². The third-order valence-electron chi connectivity index (χ3n) is 5.85. The minimum absolute atomic E-state index is 0.00189. The Labute approximate surface area is 208 Å². The molecule has 1 N–H and O–H groups in total. The highest BCUT2D eigenvalue weighted by molar-refractivity contribution is 7.91. The van der Waals surface area contributed by atoms with E-state index in [1.807, 2.05) is 18.2 Å². The third kappa shape index (κ3) is 5.07. The lowest BCUT2D eigenvalue weighted by Gasteiger charge is -2.22. The average molecular weight is 511 g/mol. The lowest BCUT2D eigenvalue weighted by molar-refractivity contribution is 0.393. The van der Waals surface area contributed by atoms with Gasteiger partial charge in [0.25, 0.3) is 10.0 Å². The summed E-state index contributed by atoms with van der Waals surface area (Å²) in [6, 6.07) is 13.9. The van der Waals surface area contributed by atoms with E-state index in [9.17, 15) is 12.8 Å². The number of benzene rings is 2. The van der Waals surface area contributed by atoms with Crippen LogP contribution in [0.15, 0.2) is 64.4 Å². The van der Waals surface area contributed by atoms with Crippen LogP contribution in [0.2, 0.25) is 0 Å². The van der Waals surface area contributed by atoms with E-state index in [4.69, 9.17) is 0 Å². The van der Waals surface area contributed by atoms with Gasteiger partial charge < -0.3 is 5.32 Å². The molecule has 0 bridgehead atoms. The number of hydrogen-bond acceptors (Lipinski definition) is 6. The van der Waals surface area contributed by atoms with Crippen LogP contribution in [0.4, 0.5) is 10.2 Å². The first-order valence-corrected chi connectivity index (χ1v) is 13.8. The van der Waals surface area contributed by atoms with Gasteiger partial charge in [0.15, 0.2) is 0 Å². The van der Waals surface area contributed by atoms with Crippen molar-refractivity contribution in [2.24, 2.45) is 0 Å². The Morgan fingerprint density at radius 1 is 1.09 bits per heavy atom. The second kappa shape index (κ2) is 8.96. The number of hydrogen-bond donors (Lipinski definition) is 1. The number of fused-ring (bicyclic) bond motifs is 1. The number of anilines is 1. The predicted molar refractivity (Wildman–Crippen MR) is 138 cm³/mol. The van der Waals surface area contributed by atoms with Crippen molar-refractivity contribution >= 4 is 38.1 Å². The van der Waals surface area contributed by atoms with Gasteiger partial charge in [0.05, 0.1) is 5.52 Å². The second-order valence-corrected chi connectivity index (χ2v) is 12.9. The van der Waals surface area contributed by atoms with Crippen molar-refractivity contribution in [3.05, 3.63) is 71.6 Å². The number of aromatic nitrogens is 2. The number of thiophene rings is 1. The molecule has 1 aliphatic carbocycles. The van der Waals surface area contributed by atoms with Crippen LogP contribution in [-0.4, -0.2) is 34.3 Å². The Bertz CT molecular complexity index is 1480. The molecule has 0 unspecified atom stereocenters. The molecule has 9 heteroatoms. The monoisotopic (exact) mass is 510 g/mol. The Morgan fingerprint density at radius 3 is 2.51 bits per heavy atom. The second-order valence-electron chi connectivity index (χ2n) is 9.85. The first-order chi connectivity index (χ1) is 16.6. The van der Waals surface area contributed by atoms with Crippen LogP contribution >= 0.6 is 11.3 Å². The van der Waals surface area contributed by atoms with Crippen LogP contribution in [0.3, 0.4) is 0 Å². The van der Waals surface area contributed by atoms with Crippen molar-refractivity contribution in [3.8, 4) is 11.1 Å². The van der Waals surface area contributed by atoms with Crippen LogP contribution in [0.1, 0.15) is 39.2 Å². The van der Waals surface area contributed by atoms with Gasteiger partial charge in [-0.15, -0.1) is 11.3 Å². The van der Waals surface area contributed by atoms with Crippen LogP contribution in [0, 0.1) is 5.82 Å². The van der Waals surface area contributed by atoms with Gasteiger partial charge in [0.2, 0.25) is 0 Å². The van der Waals surface area contributed by atoms with E-state index >= 15 is 0 Å². The third-order valence-corrected chi connectivity index (χ3v) is 9.12. The van der Waals surface area contributed by atoms with Gasteiger partial charge in [-0.05, 0) is 80.5 Å². The fraction of sp³-hybridized carbons (Fsp3) is 0.308. The molecule has 2 aromatic carbocycles. The highest BCUT2D eigenvalue weighted by Crippen LogP contribution is 2.36. The van der Waals surface area contributed by atoms with E-state index in [0.717, 1.165) is 40.7 Å². The molecule has 0 radical (unpaired) electrons. The molecule has 5 rings (SSSR count). The Hall–Kier alpha value is -2.88. The zero-order valence-corrected chi connectivity index (χ0v) is 21.5. The van der Waals surface area contributed by atoms with Gasteiger partial charge in [0, 0.05) is 29.1 Å². The highest BCUT2D eigenvalue weighted by Gasteiger charge is 2.39. The zero-order chi connectivity index (χ0) is 24.8. The molecule has 2 heterocycles.